The number of hydrogen-bond acceptors (Lipinski definition) is 18. The minimum absolute atomic E-state index is 0. The van der Waals surface area contributed by atoms with Gasteiger partial charge in [0, 0.05) is 52.6 Å². The van der Waals surface area contributed by atoms with Gasteiger partial charge in [-0.05, 0) is 69.4 Å². The zero-order chi connectivity index (χ0) is 39.0. The van der Waals surface area contributed by atoms with E-state index in [1.165, 1.54) is 87.2 Å². The van der Waals surface area contributed by atoms with Crippen molar-refractivity contribution in [3.8, 4) is 0 Å². The number of fused-ring (bicyclic) bond motifs is 2. The van der Waals surface area contributed by atoms with Crippen LogP contribution >= 0.6 is 117 Å². The quantitative estimate of drug-likeness (QED) is 0.0805. The van der Waals surface area contributed by atoms with E-state index in [1.54, 1.807) is 0 Å². The van der Waals surface area contributed by atoms with E-state index < -0.39 is 0 Å². The molecule has 4 heterocycles. The Hall–Kier alpha value is 1.57. The molecule has 2 aromatic heterocycles. The smallest absolute Gasteiger partial charge is 0.171 e. The van der Waals surface area contributed by atoms with Crippen molar-refractivity contribution >= 4 is 218 Å². The van der Waals surface area contributed by atoms with Crippen LogP contribution in [0.25, 0.3) is 0 Å². The minimum Gasteiger partial charge on any atom is -0.781 e. The Labute approximate surface area is 432 Å². The first-order chi connectivity index (χ1) is 24.9. The number of hydrogen-bond donors (Lipinski definition) is 0. The molecule has 0 amide bonds. The van der Waals surface area contributed by atoms with Crippen LogP contribution in [0.3, 0.4) is 0 Å². The van der Waals surface area contributed by atoms with Gasteiger partial charge in [0.05, 0.1) is 0 Å². The fourth-order valence-corrected chi connectivity index (χ4v) is 18.5. The number of thioether (sulfide) groups is 4. The average molecular weight is 1140 g/mol. The molecule has 0 atom stereocenters. The molecule has 2 aliphatic rings. The van der Waals surface area contributed by atoms with Crippen LogP contribution in [0, 0.1) is 34.0 Å². The first kappa shape index (κ1) is 52.7. The van der Waals surface area contributed by atoms with Crippen molar-refractivity contribution in [3.05, 3.63) is 101 Å². The molecular formula is C35H24Ni2S18-8. The van der Waals surface area contributed by atoms with Crippen LogP contribution in [0.2, 0.25) is 0 Å². The summed E-state index contributed by atoms with van der Waals surface area (Å²) in [7, 11) is 0. The SMILES string of the molecule is Cc1ccc([S-])c([S-])c1.Cc1ccc([S-])c([S-])c1.Cc1ccc2c(c1)SC1(S2)Sc2ccc(C)cc2S1.S=c1sc([S-])c([S-])s1.S=c1sc([S-])c([S-])s1.[Ni].[Ni]. The van der Waals surface area contributed by atoms with E-state index in [4.69, 9.17) is 125 Å². The normalized spacial score (nSPS) is 12.3. The summed E-state index contributed by atoms with van der Waals surface area (Å²) >= 11 is 62.4. The second kappa shape index (κ2) is 24.9. The molecule has 300 valence electrons. The summed E-state index contributed by atoms with van der Waals surface area (Å²) < 4.78 is 4.86. The summed E-state index contributed by atoms with van der Waals surface area (Å²) in [4.78, 5) is 8.85. The van der Waals surface area contributed by atoms with Crippen molar-refractivity contribution in [1.82, 2.24) is 0 Å². The van der Waals surface area contributed by atoms with Gasteiger partial charge in [-0.15, -0.1) is 41.3 Å². The van der Waals surface area contributed by atoms with Crippen molar-refractivity contribution in [2.75, 3.05) is 0 Å². The zero-order valence-electron chi connectivity index (χ0n) is 28.4. The third-order valence-corrected chi connectivity index (χ3v) is 21.6. The van der Waals surface area contributed by atoms with Crippen LogP contribution in [-0.4, -0.2) is 2.74 Å². The number of benzene rings is 4. The molecule has 2 aliphatic heterocycles. The van der Waals surface area contributed by atoms with Gasteiger partial charge in [-0.2, -0.15) is 19.6 Å². The molecule has 4 aromatic carbocycles. The van der Waals surface area contributed by atoms with Crippen LogP contribution in [0.15, 0.2) is 129 Å². The summed E-state index contributed by atoms with van der Waals surface area (Å²) in [6, 6.07) is 25.1. The third kappa shape index (κ3) is 16.7. The predicted octanol–water partition coefficient (Wildman–Crippen LogP) is 14.3. The van der Waals surface area contributed by atoms with Gasteiger partial charge in [-0.1, -0.05) is 107 Å². The molecule has 6 aromatic rings. The Morgan fingerprint density at radius 3 is 0.909 bits per heavy atom. The maximum Gasteiger partial charge on any atom is 0.171 e. The molecule has 1 spiro atoms. The fourth-order valence-electron chi connectivity index (χ4n) is 3.96. The van der Waals surface area contributed by atoms with Crippen molar-refractivity contribution in [2.45, 2.75) is 86.4 Å². The van der Waals surface area contributed by atoms with Gasteiger partial charge in [0.15, 0.2) is 2.74 Å². The molecule has 0 saturated heterocycles. The van der Waals surface area contributed by atoms with E-state index in [0.717, 1.165) is 42.7 Å². The molecule has 0 nitrogen and oxygen atoms in total. The van der Waals surface area contributed by atoms with Crippen LogP contribution < -0.4 is 0 Å². The molecule has 8 rings (SSSR count). The Balaban J connectivity index is 0.000000251. The first-order valence-corrected chi connectivity index (χ1v) is 25.4. The summed E-state index contributed by atoms with van der Waals surface area (Å²) in [5, 5.41) is 0. The first-order valence-electron chi connectivity index (χ1n) is 14.8. The summed E-state index contributed by atoms with van der Waals surface area (Å²) in [5.74, 6) is 0. The Morgan fingerprint density at radius 2 is 0.655 bits per heavy atom. The largest absolute Gasteiger partial charge is 0.781 e. The average Bonchev–Trinajstić information content (AvgIpc) is 3.79. The molecule has 0 unspecified atom stereocenters. The summed E-state index contributed by atoms with van der Waals surface area (Å²) in [6.45, 7) is 8.35. The van der Waals surface area contributed by atoms with Crippen molar-refractivity contribution in [2.24, 2.45) is 0 Å². The van der Waals surface area contributed by atoms with Crippen LogP contribution in [0.1, 0.15) is 22.3 Å². The van der Waals surface area contributed by atoms with Gasteiger partial charge in [0.25, 0.3) is 0 Å². The van der Waals surface area contributed by atoms with E-state index in [0.29, 0.717) is 0 Å². The zero-order valence-corrected chi connectivity index (χ0v) is 45.1. The number of rotatable bonds is 0. The second-order valence-corrected chi connectivity index (χ2v) is 28.2. The van der Waals surface area contributed by atoms with Gasteiger partial charge in [0.1, 0.15) is 0 Å². The van der Waals surface area contributed by atoms with Crippen LogP contribution in [0.5, 0.6) is 0 Å². The predicted molar refractivity (Wildman–Crippen MR) is 262 cm³/mol. The second-order valence-electron chi connectivity index (χ2n) is 10.8. The molecule has 0 radical (unpaired) electrons. The van der Waals surface area contributed by atoms with E-state index in [2.05, 4.69) is 50.2 Å². The third-order valence-electron chi connectivity index (χ3n) is 6.37. The van der Waals surface area contributed by atoms with Crippen molar-refractivity contribution < 1.29 is 33.0 Å². The molecule has 0 saturated carbocycles. The number of aryl methyl sites for hydroxylation is 4. The van der Waals surface area contributed by atoms with Crippen molar-refractivity contribution in [3.63, 3.8) is 0 Å². The molecule has 0 aliphatic carbocycles. The van der Waals surface area contributed by atoms with Gasteiger partial charge >= 0.3 is 0 Å². The van der Waals surface area contributed by atoms with E-state index >= 15 is 0 Å². The minimum atomic E-state index is 0. The summed E-state index contributed by atoms with van der Waals surface area (Å²) in [6.07, 6.45) is 0. The fraction of sp³-hybridized carbons (Fsp3) is 0.143. The van der Waals surface area contributed by atoms with Crippen molar-refractivity contribution in [1.29, 1.82) is 0 Å². The van der Waals surface area contributed by atoms with Gasteiger partial charge in [0.2, 0.25) is 0 Å². The maximum absolute atomic E-state index is 4.94. The molecule has 20 heteroatoms. The standard InChI is InChI=1S/C15H12S4.2C7H8S2.2C3H2S5.2Ni/c1-9-3-5-11-13(7-9)18-15(16-11)17-12-6-4-10(2)8-14(12)19-15;2*1-5-2-3-6(8)7(9)4-5;2*4-1-2(5)8-3(6)7-1;;/h3-8H,1-2H3;2*2-4,8-9H,1H3;2*4-5H;;/p-8. The molecule has 0 fully saturated rings. The molecular weight excluding hydrogens is 1110 g/mol. The topological polar surface area (TPSA) is 0 Å². The van der Waals surface area contributed by atoms with E-state index in [9.17, 15) is 0 Å². The van der Waals surface area contributed by atoms with Crippen LogP contribution in [-0.2, 0) is 134 Å². The van der Waals surface area contributed by atoms with Gasteiger partial charge < -0.3 is 146 Å². The molecule has 0 bridgehead atoms. The Bertz CT molecular complexity index is 2100. The Kier molecular flexibility index (Phi) is 23.8. The maximum atomic E-state index is 4.94. The van der Waals surface area contributed by atoms with Crippen LogP contribution in [0.4, 0.5) is 0 Å². The Morgan fingerprint density at radius 1 is 0.382 bits per heavy atom. The monoisotopic (exact) mass is 1140 g/mol. The molecule has 55 heavy (non-hydrogen) atoms. The summed E-state index contributed by atoms with van der Waals surface area (Å²) in [5.41, 5.74) is 5.05. The molecule has 0 N–H and O–H groups in total. The van der Waals surface area contributed by atoms with E-state index in [-0.39, 0.29) is 35.7 Å². The van der Waals surface area contributed by atoms with Gasteiger partial charge in [-0.25, -0.2) is 0 Å². The van der Waals surface area contributed by atoms with E-state index in [1.807, 2.05) is 97.3 Å². The van der Waals surface area contributed by atoms with Gasteiger partial charge in [-0.3, -0.25) is 0 Å².